The second-order valence-electron chi connectivity index (χ2n) is 7.24. The third kappa shape index (κ3) is 4.62. The Morgan fingerprint density at radius 2 is 2.11 bits per heavy atom. The quantitative estimate of drug-likeness (QED) is 0.778. The van der Waals surface area contributed by atoms with Crippen molar-refractivity contribution >= 4 is 34.2 Å². The summed E-state index contributed by atoms with van der Waals surface area (Å²) in [6.45, 7) is 5.19. The van der Waals surface area contributed by atoms with Gasteiger partial charge < -0.3 is 10.6 Å². The Hall–Kier alpha value is -1.64. The summed E-state index contributed by atoms with van der Waals surface area (Å²) in [5.41, 5.74) is 6.40. The minimum atomic E-state index is -3.56. The first kappa shape index (κ1) is 21.7. The lowest BCUT2D eigenvalue weighted by Crippen LogP contribution is -2.49. The first-order valence-electron chi connectivity index (χ1n) is 9.01. The molecule has 2 heterocycles. The number of piperidine rings is 1. The van der Waals surface area contributed by atoms with Gasteiger partial charge in [-0.15, -0.1) is 12.4 Å². The van der Waals surface area contributed by atoms with Gasteiger partial charge in [0.05, 0.1) is 10.9 Å². The van der Waals surface area contributed by atoms with E-state index >= 15 is 0 Å². The van der Waals surface area contributed by atoms with E-state index in [9.17, 15) is 13.2 Å². The van der Waals surface area contributed by atoms with E-state index in [2.05, 4.69) is 16.6 Å². The van der Waals surface area contributed by atoms with Gasteiger partial charge >= 0.3 is 0 Å². The van der Waals surface area contributed by atoms with Gasteiger partial charge in [0.15, 0.2) is 0 Å². The molecule has 0 bridgehead atoms. The Kier molecular flexibility index (Phi) is 6.88. The van der Waals surface area contributed by atoms with Crippen LogP contribution >= 0.6 is 12.4 Å². The maximum atomic E-state index is 12.7. The Bertz CT molecular complexity index is 828. The summed E-state index contributed by atoms with van der Waals surface area (Å²) in [5.74, 6) is 0.913. The number of aliphatic imine (C=N–C) groups is 1. The summed E-state index contributed by atoms with van der Waals surface area (Å²) >= 11 is 0. The van der Waals surface area contributed by atoms with Gasteiger partial charge in [-0.25, -0.2) is 8.42 Å². The smallest absolute Gasteiger partial charge is 0.263 e. The van der Waals surface area contributed by atoms with Crippen LogP contribution in [0.5, 0.6) is 0 Å². The summed E-state index contributed by atoms with van der Waals surface area (Å²) in [6.07, 6.45) is 2.15. The highest BCUT2D eigenvalue weighted by Crippen LogP contribution is 2.25. The van der Waals surface area contributed by atoms with Crippen LogP contribution in [0.2, 0.25) is 0 Å². The molecule has 3 rings (SSSR count). The molecule has 2 aliphatic heterocycles. The van der Waals surface area contributed by atoms with Crippen LogP contribution in [0, 0.1) is 5.92 Å². The van der Waals surface area contributed by atoms with Crippen molar-refractivity contribution in [2.45, 2.75) is 50.1 Å². The van der Waals surface area contributed by atoms with Crippen molar-refractivity contribution < 1.29 is 13.2 Å². The second kappa shape index (κ2) is 8.58. The van der Waals surface area contributed by atoms with E-state index in [-0.39, 0.29) is 41.7 Å². The number of hydrogen-bond acceptors (Lipinski definition) is 5. The number of likely N-dealkylation sites (tertiary alicyclic amines) is 1. The van der Waals surface area contributed by atoms with E-state index in [1.807, 2.05) is 11.8 Å². The van der Waals surface area contributed by atoms with Crippen LogP contribution in [0.4, 0.5) is 0 Å². The topological polar surface area (TPSA) is 105 Å². The highest BCUT2D eigenvalue weighted by atomic mass is 35.5. The summed E-state index contributed by atoms with van der Waals surface area (Å²) in [6, 6.07) is 6.47. The zero-order valence-corrected chi connectivity index (χ0v) is 17.2. The van der Waals surface area contributed by atoms with Crippen LogP contribution in [0.3, 0.4) is 0 Å². The number of sulfonamides is 1. The fourth-order valence-corrected chi connectivity index (χ4v) is 4.91. The first-order valence-corrected chi connectivity index (χ1v) is 10.5. The van der Waals surface area contributed by atoms with Gasteiger partial charge in [-0.05, 0) is 37.8 Å². The number of nitrogens with two attached hydrogens (primary N) is 1. The number of halogens is 1. The molecule has 3 N–H and O–H groups in total. The van der Waals surface area contributed by atoms with E-state index in [1.165, 1.54) is 0 Å². The molecule has 0 saturated carbocycles. The van der Waals surface area contributed by atoms with Gasteiger partial charge in [-0.2, -0.15) is 0 Å². The number of benzene rings is 1. The molecule has 7 nitrogen and oxygen atoms in total. The van der Waals surface area contributed by atoms with Gasteiger partial charge in [0.2, 0.25) is 5.91 Å². The first-order chi connectivity index (χ1) is 12.3. The van der Waals surface area contributed by atoms with Crippen molar-refractivity contribution in [1.82, 2.24) is 9.62 Å². The summed E-state index contributed by atoms with van der Waals surface area (Å²) in [7, 11) is -3.56. The molecular formula is C18H27ClN4O3S. The average Bonchev–Trinajstić information content (AvgIpc) is 2.85. The van der Waals surface area contributed by atoms with Gasteiger partial charge in [0.25, 0.3) is 10.0 Å². The van der Waals surface area contributed by atoms with Crippen LogP contribution in [0.25, 0.3) is 0 Å². The molecule has 9 heteroatoms. The lowest BCUT2D eigenvalue weighted by Gasteiger charge is -2.38. The van der Waals surface area contributed by atoms with Crippen LogP contribution < -0.4 is 10.5 Å². The third-order valence-corrected chi connectivity index (χ3v) is 6.45. The lowest BCUT2D eigenvalue weighted by molar-refractivity contribution is -0.135. The molecule has 0 spiro atoms. The Balaban J connectivity index is 0.00000261. The van der Waals surface area contributed by atoms with E-state index in [0.717, 1.165) is 19.4 Å². The minimum absolute atomic E-state index is 0. The largest absolute Gasteiger partial charge is 0.338 e. The number of carbonyl (C=O) groups is 1. The highest BCUT2D eigenvalue weighted by molar-refractivity contribution is 7.90. The van der Waals surface area contributed by atoms with Crippen LogP contribution in [0.15, 0.2) is 34.2 Å². The molecule has 3 atom stereocenters. The lowest BCUT2D eigenvalue weighted by atomic mass is 9.92. The number of amides is 1. The van der Waals surface area contributed by atoms with Crippen LogP contribution in [0.1, 0.15) is 38.7 Å². The van der Waals surface area contributed by atoms with E-state index < -0.39 is 10.0 Å². The molecule has 1 aromatic rings. The fourth-order valence-electron chi connectivity index (χ4n) is 3.67. The third-order valence-electron chi connectivity index (χ3n) is 5.05. The zero-order valence-electron chi connectivity index (χ0n) is 15.6. The summed E-state index contributed by atoms with van der Waals surface area (Å²) in [5, 5.41) is 0. The van der Waals surface area contributed by atoms with Crippen molar-refractivity contribution in [3.05, 3.63) is 29.8 Å². The number of nitrogens with zero attached hydrogens (tertiary/aromatic N) is 2. The molecule has 150 valence electrons. The van der Waals surface area contributed by atoms with Crippen molar-refractivity contribution in [3.63, 3.8) is 0 Å². The number of fused-ring (bicyclic) bond motifs is 1. The maximum Gasteiger partial charge on any atom is 0.263 e. The van der Waals surface area contributed by atoms with Gasteiger partial charge in [-0.3, -0.25) is 14.5 Å². The number of nitrogens with one attached hydrogen (secondary N) is 1. The summed E-state index contributed by atoms with van der Waals surface area (Å²) in [4.78, 5) is 19.2. The van der Waals surface area contributed by atoms with E-state index in [4.69, 9.17) is 5.73 Å². The predicted molar refractivity (Wildman–Crippen MR) is 108 cm³/mol. The fraction of sp³-hybridized carbons (Fsp3) is 0.556. The predicted octanol–water partition coefficient (Wildman–Crippen LogP) is 1.51. The number of rotatable bonds is 4. The molecule has 0 aromatic heterocycles. The highest BCUT2D eigenvalue weighted by Gasteiger charge is 2.32. The zero-order chi connectivity index (χ0) is 18.9. The molecular weight excluding hydrogens is 388 g/mol. The van der Waals surface area contributed by atoms with Crippen molar-refractivity contribution in [2.75, 3.05) is 13.1 Å². The van der Waals surface area contributed by atoms with Crippen molar-refractivity contribution in [2.24, 2.45) is 16.6 Å². The van der Waals surface area contributed by atoms with Crippen LogP contribution in [-0.2, 0) is 14.8 Å². The normalized spacial score (nSPS) is 26.0. The second-order valence-corrected chi connectivity index (χ2v) is 8.89. The molecule has 1 saturated heterocycles. The molecule has 1 amide bonds. The molecule has 1 fully saturated rings. The molecule has 1 aromatic carbocycles. The van der Waals surface area contributed by atoms with Gasteiger partial charge in [0.1, 0.15) is 5.84 Å². The summed E-state index contributed by atoms with van der Waals surface area (Å²) < 4.78 is 26.8. The van der Waals surface area contributed by atoms with Crippen molar-refractivity contribution in [1.29, 1.82) is 0 Å². The Morgan fingerprint density at radius 3 is 2.81 bits per heavy atom. The number of amidine groups is 1. The Labute approximate surface area is 166 Å². The van der Waals surface area contributed by atoms with E-state index in [0.29, 0.717) is 23.9 Å². The van der Waals surface area contributed by atoms with Gasteiger partial charge in [0, 0.05) is 31.1 Å². The van der Waals surface area contributed by atoms with Crippen molar-refractivity contribution in [3.8, 4) is 0 Å². The molecule has 0 aliphatic carbocycles. The number of hydrogen-bond donors (Lipinski definition) is 2. The average molecular weight is 415 g/mol. The van der Waals surface area contributed by atoms with Gasteiger partial charge in [-0.1, -0.05) is 19.1 Å². The molecule has 0 radical (unpaired) electrons. The monoisotopic (exact) mass is 414 g/mol. The molecule has 2 aliphatic rings. The standard InChI is InChI=1S/C18H26N4O3S.ClH/c1-12-7-8-22(14(9-12)11-19)17(23)10-13(2)20-18-15-5-3-4-6-16(15)26(24,25)21-18;/h3-6,12-14H,7-11,19H2,1-2H3,(H,20,21);1H. The van der Waals surface area contributed by atoms with E-state index in [1.54, 1.807) is 24.3 Å². The minimum Gasteiger partial charge on any atom is -0.338 e. The molecule has 27 heavy (non-hydrogen) atoms. The SMILES string of the molecule is CC1CCN(C(=O)CC(C)N=C2NS(=O)(=O)c3ccccc32)C(CN)C1.Cl. The Morgan fingerprint density at radius 1 is 1.41 bits per heavy atom. The number of carbonyl (C=O) groups excluding carboxylic acids is 1. The molecule has 3 unspecified atom stereocenters. The van der Waals surface area contributed by atoms with Crippen LogP contribution in [-0.4, -0.2) is 50.2 Å². The maximum absolute atomic E-state index is 12.7.